The highest BCUT2D eigenvalue weighted by molar-refractivity contribution is 5.17. The molecule has 0 saturated carbocycles. The number of aryl methyl sites for hydroxylation is 2. The van der Waals surface area contributed by atoms with Gasteiger partial charge in [-0.25, -0.2) is 6.57 Å². The van der Waals surface area contributed by atoms with Crippen molar-refractivity contribution < 1.29 is 13.2 Å². The lowest BCUT2D eigenvalue weighted by Crippen LogP contribution is -2.31. The highest BCUT2D eigenvalue weighted by Gasteiger charge is 2.42. The van der Waals surface area contributed by atoms with E-state index in [1.54, 1.807) is 26.0 Å². The van der Waals surface area contributed by atoms with Crippen molar-refractivity contribution in [3.8, 4) is 6.07 Å². The number of hydrogen-bond acceptors (Lipinski definition) is 2. The van der Waals surface area contributed by atoms with E-state index in [1.165, 1.54) is 4.68 Å². The Bertz CT molecular complexity index is 517. The van der Waals surface area contributed by atoms with E-state index in [0.29, 0.717) is 11.4 Å². The quantitative estimate of drug-likeness (QED) is 0.789. The monoisotopic (exact) mass is 270 g/mol. The van der Waals surface area contributed by atoms with Crippen LogP contribution in [0.4, 0.5) is 13.2 Å². The normalized spacial score (nSPS) is 14.5. The highest BCUT2D eigenvalue weighted by atomic mass is 19.4. The van der Waals surface area contributed by atoms with Gasteiger partial charge in [0.1, 0.15) is 6.54 Å². The van der Waals surface area contributed by atoms with Gasteiger partial charge < -0.3 is 0 Å². The van der Waals surface area contributed by atoms with E-state index in [0.717, 1.165) is 0 Å². The summed E-state index contributed by atoms with van der Waals surface area (Å²) in [5.74, 6) is 0. The zero-order valence-corrected chi connectivity index (χ0v) is 10.6. The van der Waals surface area contributed by atoms with Crippen LogP contribution in [0.2, 0.25) is 0 Å². The first-order chi connectivity index (χ1) is 8.71. The molecule has 1 atom stereocenters. The van der Waals surface area contributed by atoms with Gasteiger partial charge in [0.25, 0.3) is 0 Å². The van der Waals surface area contributed by atoms with Gasteiger partial charge in [-0.05, 0) is 19.9 Å². The molecule has 7 heteroatoms. The van der Waals surface area contributed by atoms with E-state index in [9.17, 15) is 13.2 Å². The van der Waals surface area contributed by atoms with Gasteiger partial charge in [-0.1, -0.05) is 0 Å². The lowest BCUT2D eigenvalue weighted by molar-refractivity contribution is -0.137. The van der Waals surface area contributed by atoms with E-state index < -0.39 is 24.6 Å². The fraction of sp³-hybridized carbons (Fsp3) is 0.583. The van der Waals surface area contributed by atoms with Crippen LogP contribution in [0.3, 0.4) is 0 Å². The lowest BCUT2D eigenvalue weighted by atomic mass is 9.96. The van der Waals surface area contributed by atoms with Gasteiger partial charge in [-0.2, -0.15) is 23.5 Å². The molecular formula is C12H13F3N4. The fourth-order valence-corrected chi connectivity index (χ4v) is 1.72. The van der Waals surface area contributed by atoms with E-state index in [1.807, 2.05) is 0 Å². The summed E-state index contributed by atoms with van der Waals surface area (Å²) in [4.78, 5) is 3.11. The zero-order chi connectivity index (χ0) is 14.7. The molecule has 0 N–H and O–H groups in total. The van der Waals surface area contributed by atoms with Crippen LogP contribution in [0.5, 0.6) is 0 Å². The molecule has 0 aliphatic rings. The van der Waals surface area contributed by atoms with Gasteiger partial charge in [0, 0.05) is 5.69 Å². The van der Waals surface area contributed by atoms with Crippen molar-refractivity contribution in [1.82, 2.24) is 9.78 Å². The van der Waals surface area contributed by atoms with Gasteiger partial charge in [0.2, 0.25) is 0 Å². The summed E-state index contributed by atoms with van der Waals surface area (Å²) in [6, 6.07) is 3.45. The van der Waals surface area contributed by atoms with Crippen molar-refractivity contribution in [3.63, 3.8) is 0 Å². The maximum absolute atomic E-state index is 12.2. The van der Waals surface area contributed by atoms with Crippen LogP contribution in [-0.4, -0.2) is 21.5 Å². The molecule has 0 saturated heterocycles. The van der Waals surface area contributed by atoms with Crippen molar-refractivity contribution >= 4 is 0 Å². The van der Waals surface area contributed by atoms with Gasteiger partial charge in [-0.3, -0.25) is 9.53 Å². The number of rotatable bonds is 4. The number of halogens is 3. The van der Waals surface area contributed by atoms with Crippen LogP contribution in [0, 0.1) is 31.8 Å². The van der Waals surface area contributed by atoms with E-state index in [-0.39, 0.29) is 6.54 Å². The summed E-state index contributed by atoms with van der Waals surface area (Å²) in [6.45, 7) is 10.4. The number of nitriles is 1. The Morgan fingerprint density at radius 3 is 2.42 bits per heavy atom. The summed E-state index contributed by atoms with van der Waals surface area (Å²) in [5.41, 5.74) is -0.309. The first-order valence-electron chi connectivity index (χ1n) is 5.59. The van der Waals surface area contributed by atoms with Crippen LogP contribution >= 0.6 is 0 Å². The van der Waals surface area contributed by atoms with Crippen molar-refractivity contribution in [2.24, 2.45) is 0 Å². The number of nitrogens with zero attached hydrogens (tertiary/aromatic N) is 4. The molecule has 0 fully saturated rings. The molecule has 0 aliphatic heterocycles. The van der Waals surface area contributed by atoms with Gasteiger partial charge in [-0.15, -0.1) is 0 Å². The van der Waals surface area contributed by atoms with Crippen molar-refractivity contribution in [1.29, 1.82) is 5.26 Å². The summed E-state index contributed by atoms with van der Waals surface area (Å²) in [7, 11) is 0. The molecule has 0 bridgehead atoms. The average molecular weight is 270 g/mol. The first-order valence-corrected chi connectivity index (χ1v) is 5.59. The molecule has 102 valence electrons. The average Bonchev–Trinajstić information content (AvgIpc) is 2.62. The zero-order valence-electron chi connectivity index (χ0n) is 10.6. The number of hydrogen-bond donors (Lipinski definition) is 0. The van der Waals surface area contributed by atoms with Crippen molar-refractivity contribution in [3.05, 3.63) is 28.9 Å². The molecule has 1 heterocycles. The smallest absolute Gasteiger partial charge is 0.292 e. The van der Waals surface area contributed by atoms with Crippen molar-refractivity contribution in [2.45, 2.75) is 44.9 Å². The molecule has 1 aromatic rings. The third kappa shape index (κ3) is 3.99. The van der Waals surface area contributed by atoms with Crippen LogP contribution in [-0.2, 0) is 6.54 Å². The van der Waals surface area contributed by atoms with E-state index in [2.05, 4.69) is 9.94 Å². The summed E-state index contributed by atoms with van der Waals surface area (Å²) in [6.07, 6.45) is -6.07. The lowest BCUT2D eigenvalue weighted by Gasteiger charge is -2.16. The Labute approximate surface area is 109 Å². The summed E-state index contributed by atoms with van der Waals surface area (Å²) in [5, 5.41) is 13.1. The molecule has 1 rings (SSSR count). The second kappa shape index (κ2) is 5.31. The van der Waals surface area contributed by atoms with E-state index >= 15 is 0 Å². The van der Waals surface area contributed by atoms with Crippen LogP contribution in [0.25, 0.3) is 4.85 Å². The molecule has 0 aliphatic carbocycles. The Hall–Kier alpha value is -2.02. The highest BCUT2D eigenvalue weighted by Crippen LogP contribution is 2.29. The fourth-order valence-electron chi connectivity index (χ4n) is 1.72. The minimum atomic E-state index is -4.37. The number of alkyl halides is 3. The molecule has 0 aromatic carbocycles. The molecular weight excluding hydrogens is 257 g/mol. The SMILES string of the molecule is [C-]#[N+]C(C#N)(CCC(F)(F)F)Cn1nc(C)cc1C. The maximum atomic E-state index is 12.2. The predicted molar refractivity (Wildman–Crippen MR) is 61.9 cm³/mol. The first kappa shape index (κ1) is 15.0. The molecule has 1 aromatic heterocycles. The van der Waals surface area contributed by atoms with Crippen LogP contribution < -0.4 is 0 Å². The molecule has 0 amide bonds. The Balaban J connectivity index is 2.93. The molecule has 4 nitrogen and oxygen atoms in total. The van der Waals surface area contributed by atoms with Gasteiger partial charge in [0.05, 0.1) is 18.5 Å². The van der Waals surface area contributed by atoms with Crippen LogP contribution in [0.1, 0.15) is 24.2 Å². The van der Waals surface area contributed by atoms with Gasteiger partial charge >= 0.3 is 11.7 Å². The third-order valence-corrected chi connectivity index (χ3v) is 2.76. The maximum Gasteiger partial charge on any atom is 0.389 e. The summed E-state index contributed by atoms with van der Waals surface area (Å²) >= 11 is 0. The standard InChI is InChI=1S/C12H13F3N4/c1-9-6-10(2)19(18-9)8-11(7-16,17-3)4-5-12(13,14)15/h6H,4-5,8H2,1-2H3. The van der Waals surface area contributed by atoms with E-state index in [4.69, 9.17) is 11.8 Å². The van der Waals surface area contributed by atoms with Crippen molar-refractivity contribution in [2.75, 3.05) is 0 Å². The molecule has 1 unspecified atom stereocenters. The predicted octanol–water partition coefficient (Wildman–Crippen LogP) is 3.02. The molecule has 0 radical (unpaired) electrons. The topological polar surface area (TPSA) is 46.0 Å². The Kier molecular flexibility index (Phi) is 4.21. The minimum absolute atomic E-state index is 0.150. The second-order valence-electron chi connectivity index (χ2n) is 4.46. The Morgan fingerprint density at radius 2 is 2.05 bits per heavy atom. The summed E-state index contributed by atoms with van der Waals surface area (Å²) < 4.78 is 38.1. The number of aromatic nitrogens is 2. The Morgan fingerprint density at radius 1 is 1.42 bits per heavy atom. The van der Waals surface area contributed by atoms with Gasteiger partial charge in [0.15, 0.2) is 6.07 Å². The largest absolute Gasteiger partial charge is 0.389 e. The molecule has 0 spiro atoms. The minimum Gasteiger partial charge on any atom is -0.292 e. The molecule has 19 heavy (non-hydrogen) atoms. The third-order valence-electron chi connectivity index (χ3n) is 2.76. The second-order valence-corrected chi connectivity index (χ2v) is 4.46. The van der Waals surface area contributed by atoms with Crippen LogP contribution in [0.15, 0.2) is 6.07 Å².